The quantitative estimate of drug-likeness (QED) is 0.786. The van der Waals surface area contributed by atoms with Crippen LogP contribution in [0.2, 0.25) is 0 Å². The van der Waals surface area contributed by atoms with E-state index in [4.69, 9.17) is 0 Å². The highest BCUT2D eigenvalue weighted by Gasteiger charge is 2.21. The molecule has 0 spiro atoms. The zero-order valence-electron chi connectivity index (χ0n) is 13.2. The molecule has 3 aromatic rings. The molecule has 0 unspecified atom stereocenters. The van der Waals surface area contributed by atoms with Crippen LogP contribution in [0.1, 0.15) is 12.0 Å². The minimum Gasteiger partial charge on any atom is -0.374 e. The van der Waals surface area contributed by atoms with Gasteiger partial charge >= 0.3 is 0 Å². The van der Waals surface area contributed by atoms with Gasteiger partial charge in [-0.3, -0.25) is 0 Å². The third kappa shape index (κ3) is 2.58. The average molecular weight is 343 g/mol. The fourth-order valence-corrected chi connectivity index (χ4v) is 3.92. The lowest BCUT2D eigenvalue weighted by Gasteiger charge is -2.27. The number of hydrogen-bond acceptors (Lipinski definition) is 5. The molecular formula is C16H17N5O2S. The maximum absolute atomic E-state index is 12.7. The molecule has 24 heavy (non-hydrogen) atoms. The number of aryl methyl sites for hydroxylation is 1. The Morgan fingerprint density at radius 1 is 1.21 bits per heavy atom. The number of fused-ring (bicyclic) bond motifs is 2. The lowest BCUT2D eigenvalue weighted by atomic mass is 10.0. The molecule has 124 valence electrons. The van der Waals surface area contributed by atoms with Crippen LogP contribution in [-0.4, -0.2) is 36.6 Å². The SMILES string of the molecule is CN1CCCc2ccc(S(=O)(=O)Nc3nc4ccccn4n3)cc21. The smallest absolute Gasteiger partial charge is 0.264 e. The first-order valence-electron chi connectivity index (χ1n) is 7.71. The molecule has 3 heterocycles. The normalized spacial score (nSPS) is 14.6. The van der Waals surface area contributed by atoms with Crippen molar-refractivity contribution < 1.29 is 8.42 Å². The third-order valence-corrected chi connectivity index (χ3v) is 5.51. The van der Waals surface area contributed by atoms with Crippen LogP contribution in [0.25, 0.3) is 5.65 Å². The Bertz CT molecular complexity index is 979. The van der Waals surface area contributed by atoms with Gasteiger partial charge in [0.2, 0.25) is 0 Å². The molecule has 2 aromatic heterocycles. The van der Waals surface area contributed by atoms with Crippen molar-refractivity contribution in [2.24, 2.45) is 0 Å². The van der Waals surface area contributed by atoms with Crippen LogP contribution < -0.4 is 9.62 Å². The number of sulfonamides is 1. The molecule has 1 N–H and O–H groups in total. The summed E-state index contributed by atoms with van der Waals surface area (Å²) >= 11 is 0. The van der Waals surface area contributed by atoms with Gasteiger partial charge in [-0.25, -0.2) is 17.7 Å². The molecular weight excluding hydrogens is 326 g/mol. The molecule has 1 aromatic carbocycles. The van der Waals surface area contributed by atoms with Crippen molar-refractivity contribution in [3.05, 3.63) is 48.2 Å². The van der Waals surface area contributed by atoms with Gasteiger partial charge in [0, 0.05) is 25.5 Å². The van der Waals surface area contributed by atoms with Crippen LogP contribution in [0.3, 0.4) is 0 Å². The zero-order valence-corrected chi connectivity index (χ0v) is 14.0. The number of hydrogen-bond donors (Lipinski definition) is 1. The van der Waals surface area contributed by atoms with Crippen LogP contribution in [0.15, 0.2) is 47.5 Å². The van der Waals surface area contributed by atoms with E-state index < -0.39 is 10.0 Å². The maximum Gasteiger partial charge on any atom is 0.264 e. The summed E-state index contributed by atoms with van der Waals surface area (Å²) in [4.78, 5) is 6.48. The van der Waals surface area contributed by atoms with Crippen molar-refractivity contribution >= 4 is 27.3 Å². The van der Waals surface area contributed by atoms with Gasteiger partial charge in [0.15, 0.2) is 5.65 Å². The lowest BCUT2D eigenvalue weighted by Crippen LogP contribution is -2.25. The standard InChI is InChI=1S/C16H17N5O2S/c1-20-9-4-5-12-7-8-13(11-14(12)20)24(22,23)19-16-17-15-6-2-3-10-21(15)18-16/h2-3,6-8,10-11H,4-5,9H2,1H3,(H,18,19). The van der Waals surface area contributed by atoms with Gasteiger partial charge in [-0.15, -0.1) is 5.10 Å². The van der Waals surface area contributed by atoms with Gasteiger partial charge in [-0.2, -0.15) is 4.98 Å². The van der Waals surface area contributed by atoms with E-state index in [2.05, 4.69) is 19.7 Å². The Labute approximate surface area is 140 Å². The molecule has 1 aliphatic rings. The number of benzene rings is 1. The Morgan fingerprint density at radius 2 is 2.08 bits per heavy atom. The molecule has 1 aliphatic heterocycles. The molecule has 0 atom stereocenters. The van der Waals surface area contributed by atoms with Crippen LogP contribution in [0, 0.1) is 0 Å². The second kappa shape index (κ2) is 5.48. The van der Waals surface area contributed by atoms with Gasteiger partial charge in [-0.1, -0.05) is 12.1 Å². The predicted octanol–water partition coefficient (Wildman–Crippen LogP) is 1.91. The summed E-state index contributed by atoms with van der Waals surface area (Å²) in [5.41, 5.74) is 2.72. The van der Waals surface area contributed by atoms with E-state index >= 15 is 0 Å². The van der Waals surface area contributed by atoms with E-state index in [1.165, 1.54) is 10.1 Å². The van der Waals surface area contributed by atoms with Gasteiger partial charge in [0.1, 0.15) is 0 Å². The Hall–Kier alpha value is -2.61. The minimum absolute atomic E-state index is 0.0623. The van der Waals surface area contributed by atoms with Crippen molar-refractivity contribution in [3.8, 4) is 0 Å². The third-order valence-electron chi connectivity index (χ3n) is 4.18. The van der Waals surface area contributed by atoms with E-state index in [1.807, 2.05) is 19.2 Å². The molecule has 0 radical (unpaired) electrons. The molecule has 0 bridgehead atoms. The highest BCUT2D eigenvalue weighted by molar-refractivity contribution is 7.92. The zero-order chi connectivity index (χ0) is 16.7. The van der Waals surface area contributed by atoms with E-state index in [9.17, 15) is 8.42 Å². The van der Waals surface area contributed by atoms with E-state index in [1.54, 1.807) is 30.5 Å². The predicted molar refractivity (Wildman–Crippen MR) is 91.8 cm³/mol. The van der Waals surface area contributed by atoms with Crippen LogP contribution in [-0.2, 0) is 16.4 Å². The number of pyridine rings is 1. The van der Waals surface area contributed by atoms with Crippen molar-refractivity contribution in [2.45, 2.75) is 17.7 Å². The largest absolute Gasteiger partial charge is 0.374 e. The number of aromatic nitrogens is 3. The van der Waals surface area contributed by atoms with Crippen LogP contribution in [0.4, 0.5) is 11.6 Å². The number of anilines is 2. The summed E-state index contributed by atoms with van der Waals surface area (Å²) in [5.74, 6) is 0.0623. The summed E-state index contributed by atoms with van der Waals surface area (Å²) in [6.45, 7) is 0.928. The Balaban J connectivity index is 1.68. The molecule has 0 fully saturated rings. The second-order valence-electron chi connectivity index (χ2n) is 5.86. The average Bonchev–Trinajstić information content (AvgIpc) is 2.96. The van der Waals surface area contributed by atoms with E-state index in [0.717, 1.165) is 25.1 Å². The Kier molecular flexibility index (Phi) is 3.42. The maximum atomic E-state index is 12.7. The van der Waals surface area contributed by atoms with Crippen molar-refractivity contribution in [2.75, 3.05) is 23.2 Å². The van der Waals surface area contributed by atoms with Crippen LogP contribution in [0.5, 0.6) is 0 Å². The number of nitrogens with zero attached hydrogens (tertiary/aromatic N) is 4. The topological polar surface area (TPSA) is 79.6 Å². The monoisotopic (exact) mass is 343 g/mol. The first-order chi connectivity index (χ1) is 11.5. The van der Waals surface area contributed by atoms with Gasteiger partial charge < -0.3 is 4.90 Å². The Morgan fingerprint density at radius 3 is 2.92 bits per heavy atom. The summed E-state index contributed by atoms with van der Waals surface area (Å²) in [7, 11) is -1.76. The van der Waals surface area contributed by atoms with Gasteiger partial charge in [0.05, 0.1) is 4.90 Å². The van der Waals surface area contributed by atoms with Gasteiger partial charge in [0.25, 0.3) is 16.0 Å². The molecule has 8 heteroatoms. The second-order valence-corrected chi connectivity index (χ2v) is 7.54. The summed E-state index contributed by atoms with van der Waals surface area (Å²) < 4.78 is 29.3. The lowest BCUT2D eigenvalue weighted by molar-refractivity contribution is 0.600. The summed E-state index contributed by atoms with van der Waals surface area (Å²) in [6, 6.07) is 10.6. The van der Waals surface area contributed by atoms with Crippen molar-refractivity contribution in [1.29, 1.82) is 0 Å². The number of rotatable bonds is 3. The molecule has 7 nitrogen and oxygen atoms in total. The first-order valence-corrected chi connectivity index (χ1v) is 9.19. The number of nitrogens with one attached hydrogen (secondary N) is 1. The summed E-state index contributed by atoms with van der Waals surface area (Å²) in [5, 5.41) is 4.13. The minimum atomic E-state index is -3.73. The molecule has 0 saturated heterocycles. The first kappa shape index (κ1) is 14.9. The van der Waals surface area contributed by atoms with E-state index in [-0.39, 0.29) is 10.8 Å². The molecule has 0 saturated carbocycles. The van der Waals surface area contributed by atoms with Crippen LogP contribution >= 0.6 is 0 Å². The molecule has 0 aliphatic carbocycles. The van der Waals surface area contributed by atoms with E-state index in [0.29, 0.717) is 5.65 Å². The van der Waals surface area contributed by atoms with Gasteiger partial charge in [-0.05, 0) is 42.7 Å². The highest BCUT2D eigenvalue weighted by Crippen LogP contribution is 2.29. The van der Waals surface area contributed by atoms with Crippen molar-refractivity contribution in [3.63, 3.8) is 0 Å². The molecule has 4 rings (SSSR count). The fourth-order valence-electron chi connectivity index (χ4n) is 2.96. The van der Waals surface area contributed by atoms with Crippen molar-refractivity contribution in [1.82, 2.24) is 14.6 Å². The molecule has 0 amide bonds. The highest BCUT2D eigenvalue weighted by atomic mass is 32.2. The fraction of sp³-hybridized carbons (Fsp3) is 0.250. The summed E-state index contributed by atoms with van der Waals surface area (Å²) in [6.07, 6.45) is 3.77.